The summed E-state index contributed by atoms with van der Waals surface area (Å²) in [5.41, 5.74) is 4.43. The van der Waals surface area contributed by atoms with Crippen LogP contribution >= 0.6 is 0 Å². The van der Waals surface area contributed by atoms with Crippen LogP contribution in [0.3, 0.4) is 0 Å². The predicted octanol–water partition coefficient (Wildman–Crippen LogP) is 4.23. The minimum atomic E-state index is -0.290. The summed E-state index contributed by atoms with van der Waals surface area (Å²) in [6, 6.07) is 18.5. The van der Waals surface area contributed by atoms with Crippen LogP contribution in [0.15, 0.2) is 72.3 Å². The molecule has 104 valence electrons. The first-order valence-electron chi connectivity index (χ1n) is 7.09. The van der Waals surface area contributed by atoms with Crippen LogP contribution in [0, 0.1) is 12.5 Å². The van der Waals surface area contributed by atoms with Gasteiger partial charge in [0.1, 0.15) is 5.76 Å². The quantitative estimate of drug-likeness (QED) is 0.733. The fourth-order valence-electron chi connectivity index (χ4n) is 2.68. The van der Waals surface area contributed by atoms with Gasteiger partial charge in [-0.25, -0.2) is 4.79 Å². The van der Waals surface area contributed by atoms with Gasteiger partial charge in [-0.15, -0.1) is 0 Å². The standard InChI is InChI=1S/C20H12O2/c21-20-18-12-5-4-11-17(18)19(22-20)16-10-6-9-15(13-16)14-7-2-1-3-8-14/h1-7,9-13H. The average Bonchev–Trinajstić information content (AvgIpc) is 2.93. The van der Waals surface area contributed by atoms with Crippen LogP contribution in [0.1, 0.15) is 21.5 Å². The predicted molar refractivity (Wildman–Crippen MR) is 85.5 cm³/mol. The summed E-state index contributed by atoms with van der Waals surface area (Å²) in [5, 5.41) is 0. The maximum absolute atomic E-state index is 12.0. The highest BCUT2D eigenvalue weighted by Crippen LogP contribution is 2.36. The number of fused-ring (bicyclic) bond motifs is 1. The summed E-state index contributed by atoms with van der Waals surface area (Å²) in [5.74, 6) is 0.334. The van der Waals surface area contributed by atoms with E-state index in [1.807, 2.05) is 67.1 Å². The maximum Gasteiger partial charge on any atom is 0.344 e. The SMILES string of the molecule is O=C1OC(=C2[CH]C(c3[c]cccc3)=CC=C2)c2ccccc21. The smallest absolute Gasteiger partial charge is 0.344 e. The van der Waals surface area contributed by atoms with Gasteiger partial charge in [-0.3, -0.25) is 0 Å². The lowest BCUT2D eigenvalue weighted by Gasteiger charge is -2.13. The van der Waals surface area contributed by atoms with E-state index in [1.165, 1.54) is 0 Å². The third-order valence-corrected chi connectivity index (χ3v) is 3.73. The molecule has 2 heteroatoms. The van der Waals surface area contributed by atoms with E-state index in [1.54, 1.807) is 6.07 Å². The Morgan fingerprint density at radius 1 is 0.955 bits per heavy atom. The number of allylic oxidation sites excluding steroid dienone is 5. The number of cyclic esters (lactones) is 1. The summed E-state index contributed by atoms with van der Waals surface area (Å²) in [6.45, 7) is 0. The van der Waals surface area contributed by atoms with Crippen molar-refractivity contribution >= 4 is 17.3 Å². The van der Waals surface area contributed by atoms with Gasteiger partial charge in [-0.05, 0) is 23.3 Å². The molecule has 1 aliphatic carbocycles. The van der Waals surface area contributed by atoms with Crippen molar-refractivity contribution in [2.24, 2.45) is 0 Å². The van der Waals surface area contributed by atoms with E-state index in [-0.39, 0.29) is 5.97 Å². The number of carbonyl (C=O) groups is 1. The summed E-state index contributed by atoms with van der Waals surface area (Å²) in [4.78, 5) is 12.0. The molecule has 2 nitrogen and oxygen atoms in total. The summed E-state index contributed by atoms with van der Waals surface area (Å²) >= 11 is 0. The molecule has 2 aromatic carbocycles. The molecule has 0 bridgehead atoms. The molecule has 1 heterocycles. The highest BCUT2D eigenvalue weighted by Gasteiger charge is 2.28. The van der Waals surface area contributed by atoms with Crippen molar-refractivity contribution in [3.63, 3.8) is 0 Å². The lowest BCUT2D eigenvalue weighted by atomic mass is 9.92. The molecule has 0 N–H and O–H groups in total. The molecule has 2 aromatic rings. The molecule has 22 heavy (non-hydrogen) atoms. The summed E-state index contributed by atoms with van der Waals surface area (Å²) in [6.07, 6.45) is 7.97. The Balaban J connectivity index is 1.75. The Bertz CT molecular complexity index is 839. The van der Waals surface area contributed by atoms with Gasteiger partial charge in [0.25, 0.3) is 0 Å². The van der Waals surface area contributed by atoms with Gasteiger partial charge in [0.05, 0.1) is 5.56 Å². The lowest BCUT2D eigenvalue weighted by molar-refractivity contribution is 0.0715. The molecular weight excluding hydrogens is 272 g/mol. The van der Waals surface area contributed by atoms with Gasteiger partial charge in [-0.1, -0.05) is 60.7 Å². The van der Waals surface area contributed by atoms with Crippen LogP contribution in [0.2, 0.25) is 0 Å². The molecule has 0 unspecified atom stereocenters. The highest BCUT2D eigenvalue weighted by molar-refractivity contribution is 6.04. The first kappa shape index (κ1) is 12.8. The van der Waals surface area contributed by atoms with Crippen molar-refractivity contribution in [3.8, 4) is 0 Å². The number of carbonyl (C=O) groups excluding carboxylic acids is 1. The van der Waals surface area contributed by atoms with E-state index in [9.17, 15) is 4.79 Å². The minimum absolute atomic E-state index is 0.290. The monoisotopic (exact) mass is 284 g/mol. The van der Waals surface area contributed by atoms with Crippen molar-refractivity contribution < 1.29 is 9.53 Å². The Kier molecular flexibility index (Phi) is 3.01. The molecule has 2 aliphatic rings. The zero-order valence-electron chi connectivity index (χ0n) is 11.7. The highest BCUT2D eigenvalue weighted by atomic mass is 16.5. The number of rotatable bonds is 1. The molecular formula is C20H12O2. The summed E-state index contributed by atoms with van der Waals surface area (Å²) in [7, 11) is 0. The van der Waals surface area contributed by atoms with Gasteiger partial charge in [0.15, 0.2) is 0 Å². The van der Waals surface area contributed by atoms with Crippen molar-refractivity contribution in [3.05, 3.63) is 102 Å². The molecule has 0 amide bonds. The van der Waals surface area contributed by atoms with Gasteiger partial charge in [0, 0.05) is 17.6 Å². The third-order valence-electron chi connectivity index (χ3n) is 3.73. The average molecular weight is 284 g/mol. The number of hydrogen-bond acceptors (Lipinski definition) is 2. The zero-order chi connectivity index (χ0) is 14.9. The zero-order valence-corrected chi connectivity index (χ0v) is 11.7. The van der Waals surface area contributed by atoms with Crippen LogP contribution in [0.25, 0.3) is 11.3 Å². The van der Waals surface area contributed by atoms with Crippen molar-refractivity contribution in [2.45, 2.75) is 0 Å². The lowest BCUT2D eigenvalue weighted by Crippen LogP contribution is -1.97. The van der Waals surface area contributed by atoms with E-state index >= 15 is 0 Å². The normalized spacial score (nSPS) is 19.6. The minimum Gasteiger partial charge on any atom is -0.422 e. The Morgan fingerprint density at radius 3 is 2.59 bits per heavy atom. The number of esters is 1. The van der Waals surface area contributed by atoms with Crippen molar-refractivity contribution in [1.82, 2.24) is 0 Å². The Labute approximate surface area is 129 Å². The fraction of sp³-hybridized carbons (Fsp3) is 0. The van der Waals surface area contributed by atoms with Crippen LogP contribution in [0.5, 0.6) is 0 Å². The molecule has 2 radical (unpaired) electrons. The van der Waals surface area contributed by atoms with E-state index in [0.29, 0.717) is 11.3 Å². The fourth-order valence-corrected chi connectivity index (χ4v) is 2.68. The van der Waals surface area contributed by atoms with Gasteiger partial charge < -0.3 is 4.74 Å². The molecule has 1 aliphatic heterocycles. The molecule has 0 saturated heterocycles. The topological polar surface area (TPSA) is 26.3 Å². The number of hydrogen-bond donors (Lipinski definition) is 0. The second-order valence-electron chi connectivity index (χ2n) is 5.12. The van der Waals surface area contributed by atoms with Crippen molar-refractivity contribution in [1.29, 1.82) is 0 Å². The van der Waals surface area contributed by atoms with Crippen molar-refractivity contribution in [2.75, 3.05) is 0 Å². The second kappa shape index (κ2) is 5.15. The van der Waals surface area contributed by atoms with Gasteiger partial charge in [-0.2, -0.15) is 0 Å². The molecule has 0 saturated carbocycles. The van der Waals surface area contributed by atoms with E-state index in [2.05, 4.69) is 6.07 Å². The van der Waals surface area contributed by atoms with Crippen LogP contribution in [-0.4, -0.2) is 5.97 Å². The van der Waals surface area contributed by atoms with E-state index < -0.39 is 0 Å². The van der Waals surface area contributed by atoms with E-state index in [4.69, 9.17) is 4.74 Å². The first-order chi connectivity index (χ1) is 10.8. The third kappa shape index (κ3) is 2.09. The van der Waals surface area contributed by atoms with Crippen LogP contribution in [0.4, 0.5) is 0 Å². The van der Waals surface area contributed by atoms with Crippen LogP contribution in [-0.2, 0) is 4.74 Å². The first-order valence-corrected chi connectivity index (χ1v) is 7.09. The molecule has 0 fully saturated rings. The molecule has 0 aromatic heterocycles. The molecule has 0 spiro atoms. The van der Waals surface area contributed by atoms with Crippen LogP contribution < -0.4 is 0 Å². The van der Waals surface area contributed by atoms with E-state index in [0.717, 1.165) is 22.3 Å². The Hall–Kier alpha value is -2.87. The number of benzene rings is 2. The Morgan fingerprint density at radius 2 is 1.77 bits per heavy atom. The second-order valence-corrected chi connectivity index (χ2v) is 5.12. The number of ether oxygens (including phenoxy) is 1. The molecule has 4 rings (SSSR count). The van der Waals surface area contributed by atoms with Gasteiger partial charge >= 0.3 is 5.97 Å². The molecule has 0 atom stereocenters. The maximum atomic E-state index is 12.0. The van der Waals surface area contributed by atoms with Gasteiger partial charge in [0.2, 0.25) is 0 Å². The summed E-state index contributed by atoms with van der Waals surface area (Å²) < 4.78 is 5.48. The largest absolute Gasteiger partial charge is 0.422 e.